The van der Waals surface area contributed by atoms with E-state index in [1.54, 1.807) is 60.0 Å². The SMILES string of the molecule is C[C@@H](C(=O)NCCC(=O)OCc1ncccn1)C(C)(C)COP(C)(=O)OCOC(=O)C(C)(C)C.[HH]. The number of nitrogens with zero attached hydrogens (tertiary/aromatic N) is 2. The molecule has 1 aromatic heterocycles. The highest BCUT2D eigenvalue weighted by molar-refractivity contribution is 7.52. The van der Waals surface area contributed by atoms with Gasteiger partial charge in [0.15, 0.2) is 12.4 Å². The average molecular weight is 504 g/mol. The molecule has 0 aliphatic carbocycles. The fraction of sp³-hybridized carbons (Fsp3) is 0.682. The van der Waals surface area contributed by atoms with Crippen LogP contribution in [0.4, 0.5) is 0 Å². The van der Waals surface area contributed by atoms with E-state index in [0.717, 1.165) is 0 Å². The van der Waals surface area contributed by atoms with E-state index < -0.39 is 43.1 Å². The van der Waals surface area contributed by atoms with Crippen LogP contribution >= 0.6 is 7.60 Å². The van der Waals surface area contributed by atoms with Gasteiger partial charge in [-0.05, 0) is 32.3 Å². The van der Waals surface area contributed by atoms with E-state index in [1.165, 1.54) is 6.66 Å². The first-order valence-corrected chi connectivity index (χ1v) is 12.9. The zero-order chi connectivity index (χ0) is 26.0. The quantitative estimate of drug-likeness (QED) is 0.242. The van der Waals surface area contributed by atoms with Crippen LogP contribution in [0.15, 0.2) is 18.5 Å². The molecule has 0 fully saturated rings. The van der Waals surface area contributed by atoms with Crippen LogP contribution in [-0.4, -0.2) is 54.4 Å². The molecule has 1 amide bonds. The van der Waals surface area contributed by atoms with Crippen LogP contribution < -0.4 is 5.32 Å². The van der Waals surface area contributed by atoms with E-state index in [2.05, 4.69) is 15.3 Å². The number of esters is 2. The molecule has 11 nitrogen and oxygen atoms in total. The van der Waals surface area contributed by atoms with Gasteiger partial charge >= 0.3 is 19.5 Å². The summed E-state index contributed by atoms with van der Waals surface area (Å²) in [5.41, 5.74) is -1.41. The summed E-state index contributed by atoms with van der Waals surface area (Å²) >= 11 is 0. The fourth-order valence-corrected chi connectivity index (χ4v) is 3.14. The summed E-state index contributed by atoms with van der Waals surface area (Å²) in [5, 5.41) is 2.69. The van der Waals surface area contributed by atoms with Crippen LogP contribution in [0, 0.1) is 16.7 Å². The monoisotopic (exact) mass is 503 g/mol. The van der Waals surface area contributed by atoms with E-state index in [0.29, 0.717) is 5.82 Å². The Kier molecular flexibility index (Phi) is 11.3. The number of hydrogen-bond donors (Lipinski definition) is 1. The molecule has 0 aliphatic rings. The first-order valence-electron chi connectivity index (χ1n) is 10.9. The molecule has 1 rings (SSSR count). The molecular weight excluding hydrogens is 465 g/mol. The van der Waals surface area contributed by atoms with E-state index in [9.17, 15) is 18.9 Å². The lowest BCUT2D eigenvalue weighted by Crippen LogP contribution is -2.40. The lowest BCUT2D eigenvalue weighted by Gasteiger charge is -2.31. The molecule has 0 spiro atoms. The number of ether oxygens (including phenoxy) is 2. The van der Waals surface area contributed by atoms with E-state index in [-0.39, 0.29) is 33.5 Å². The lowest BCUT2D eigenvalue weighted by atomic mass is 9.80. The Hall–Kier alpha value is -2.36. The average Bonchev–Trinajstić information content (AvgIpc) is 2.75. The number of aromatic nitrogens is 2. The minimum absolute atomic E-state index is 0. The second-order valence-electron chi connectivity index (χ2n) is 9.55. The van der Waals surface area contributed by atoms with Gasteiger partial charge in [0.25, 0.3) is 0 Å². The van der Waals surface area contributed by atoms with Gasteiger partial charge in [-0.2, -0.15) is 0 Å². The van der Waals surface area contributed by atoms with E-state index in [4.69, 9.17) is 18.5 Å². The van der Waals surface area contributed by atoms with Crippen molar-refractivity contribution >= 4 is 25.4 Å². The van der Waals surface area contributed by atoms with Crippen molar-refractivity contribution in [2.45, 2.75) is 54.6 Å². The van der Waals surface area contributed by atoms with Crippen LogP contribution in [0.2, 0.25) is 0 Å². The third-order valence-electron chi connectivity index (χ3n) is 4.94. The van der Waals surface area contributed by atoms with Gasteiger partial charge in [-0.3, -0.25) is 23.5 Å². The summed E-state index contributed by atoms with van der Waals surface area (Å²) in [7, 11) is -3.52. The summed E-state index contributed by atoms with van der Waals surface area (Å²) < 4.78 is 33.0. The maximum Gasteiger partial charge on any atom is 0.330 e. The van der Waals surface area contributed by atoms with Crippen molar-refractivity contribution in [2.24, 2.45) is 16.7 Å². The van der Waals surface area contributed by atoms with Crippen molar-refractivity contribution < 1.29 is 38.9 Å². The molecule has 0 bridgehead atoms. The predicted molar refractivity (Wildman–Crippen MR) is 125 cm³/mol. The molecule has 0 radical (unpaired) electrons. The van der Waals surface area contributed by atoms with Crippen molar-refractivity contribution in [1.29, 1.82) is 0 Å². The van der Waals surface area contributed by atoms with Crippen molar-refractivity contribution in [3.8, 4) is 0 Å². The van der Waals surface area contributed by atoms with E-state index in [1.807, 2.05) is 0 Å². The molecule has 194 valence electrons. The highest BCUT2D eigenvalue weighted by Gasteiger charge is 2.34. The zero-order valence-electron chi connectivity index (χ0n) is 21.0. The Bertz CT molecular complexity index is 877. The molecule has 0 saturated heterocycles. The second kappa shape index (κ2) is 12.9. The molecule has 2 atom stereocenters. The predicted octanol–water partition coefficient (Wildman–Crippen LogP) is 3.34. The molecule has 1 N–H and O–H groups in total. The zero-order valence-corrected chi connectivity index (χ0v) is 21.8. The standard InChI is InChI=1S/C22H36N3O8P.H2/c1-16(19(27)25-12-9-18(26)30-13-17-23-10-8-11-24-17)22(5,6)14-32-34(7,29)33-15-31-20(28)21(2,3)4;/h8,10-11,16H,9,12-15H2,1-7H3,(H,25,27);1H/t16-,34?;/m0./s1. The topological polar surface area (TPSA) is 143 Å². The molecule has 1 unspecified atom stereocenters. The Balaban J connectivity index is 0.0000116. The van der Waals surface area contributed by atoms with Gasteiger partial charge in [-0.25, -0.2) is 9.97 Å². The van der Waals surface area contributed by atoms with Crippen molar-refractivity contribution in [3.63, 3.8) is 0 Å². The van der Waals surface area contributed by atoms with Gasteiger partial charge in [0.2, 0.25) is 12.7 Å². The number of amides is 1. The van der Waals surface area contributed by atoms with Crippen LogP contribution in [0.5, 0.6) is 0 Å². The largest absolute Gasteiger partial charge is 0.457 e. The Morgan fingerprint density at radius 2 is 1.71 bits per heavy atom. The van der Waals surface area contributed by atoms with Gasteiger partial charge in [0, 0.05) is 32.9 Å². The minimum Gasteiger partial charge on any atom is -0.457 e. The third-order valence-corrected chi connectivity index (χ3v) is 6.11. The van der Waals surface area contributed by atoms with Crippen molar-refractivity contribution in [2.75, 3.05) is 26.6 Å². The molecule has 0 saturated carbocycles. The van der Waals surface area contributed by atoms with Crippen LogP contribution in [0.1, 0.15) is 55.2 Å². The molecule has 1 aromatic rings. The summed E-state index contributed by atoms with van der Waals surface area (Å²) in [4.78, 5) is 44.0. The molecule has 1 heterocycles. The lowest BCUT2D eigenvalue weighted by molar-refractivity contribution is -0.160. The summed E-state index contributed by atoms with van der Waals surface area (Å²) in [6, 6.07) is 1.66. The van der Waals surface area contributed by atoms with E-state index >= 15 is 0 Å². The number of rotatable bonds is 13. The molecule has 34 heavy (non-hydrogen) atoms. The van der Waals surface area contributed by atoms with Crippen molar-refractivity contribution in [3.05, 3.63) is 24.3 Å². The molecule has 0 aromatic carbocycles. The molecule has 12 heteroatoms. The van der Waals surface area contributed by atoms with Gasteiger partial charge in [0.1, 0.15) is 0 Å². The van der Waals surface area contributed by atoms with Crippen LogP contribution in [0.25, 0.3) is 0 Å². The minimum atomic E-state index is -3.52. The smallest absolute Gasteiger partial charge is 0.330 e. The Morgan fingerprint density at radius 3 is 2.29 bits per heavy atom. The van der Waals surface area contributed by atoms with Gasteiger partial charge in [-0.15, -0.1) is 0 Å². The second-order valence-corrected chi connectivity index (χ2v) is 11.6. The first-order chi connectivity index (χ1) is 15.6. The molecule has 0 aliphatic heterocycles. The highest BCUT2D eigenvalue weighted by atomic mass is 31.2. The Morgan fingerprint density at radius 1 is 1.09 bits per heavy atom. The van der Waals surface area contributed by atoms with Crippen molar-refractivity contribution in [1.82, 2.24) is 15.3 Å². The number of carbonyl (C=O) groups excluding carboxylic acids is 3. The number of nitrogens with one attached hydrogen (secondary N) is 1. The Labute approximate surface area is 202 Å². The van der Waals surface area contributed by atoms with Crippen LogP contribution in [0.3, 0.4) is 0 Å². The summed E-state index contributed by atoms with van der Waals surface area (Å²) in [5.74, 6) is -1.41. The summed E-state index contributed by atoms with van der Waals surface area (Å²) in [6.07, 6.45) is 3.09. The van der Waals surface area contributed by atoms with Gasteiger partial charge < -0.3 is 19.3 Å². The fourth-order valence-electron chi connectivity index (χ4n) is 2.26. The van der Waals surface area contributed by atoms with Gasteiger partial charge in [-0.1, -0.05) is 20.8 Å². The van der Waals surface area contributed by atoms with Crippen LogP contribution in [-0.2, 0) is 44.1 Å². The third kappa shape index (κ3) is 11.2. The highest BCUT2D eigenvalue weighted by Crippen LogP contribution is 2.46. The summed E-state index contributed by atoms with van der Waals surface area (Å²) in [6.45, 7) is 11.1. The number of hydrogen-bond acceptors (Lipinski definition) is 10. The van der Waals surface area contributed by atoms with Gasteiger partial charge in [0.05, 0.1) is 18.4 Å². The normalized spacial score (nSPS) is 14.6. The maximum atomic E-state index is 12.5. The number of carbonyl (C=O) groups is 3. The maximum absolute atomic E-state index is 12.5. The molecular formula is C22H38N3O8P. The first kappa shape index (κ1) is 29.7.